The highest BCUT2D eigenvalue weighted by Gasteiger charge is 2.52. The molecule has 0 spiro atoms. The maximum Gasteiger partial charge on any atom is 0.511 e. The van der Waals surface area contributed by atoms with Gasteiger partial charge < -0.3 is 21.1 Å². The number of nitrogens with two attached hydrogens (primary N) is 2. The summed E-state index contributed by atoms with van der Waals surface area (Å²) in [6, 6.07) is 8.07. The Morgan fingerprint density at radius 1 is 1.17 bits per heavy atom. The van der Waals surface area contributed by atoms with E-state index in [1.54, 1.807) is 36.5 Å². The molecule has 0 bridgehead atoms. The summed E-state index contributed by atoms with van der Waals surface area (Å²) in [4.78, 5) is 6.38. The molecule has 8 nitrogen and oxygen atoms in total. The van der Waals surface area contributed by atoms with Gasteiger partial charge in [0.2, 0.25) is 0 Å². The normalized spacial score (nSPS) is 20.0. The number of nitrogens with zero attached hydrogens (tertiary/aromatic N) is 3. The van der Waals surface area contributed by atoms with Crippen LogP contribution in [0.3, 0.4) is 0 Å². The van der Waals surface area contributed by atoms with Gasteiger partial charge in [-0.1, -0.05) is 18.9 Å². The Labute approximate surface area is 203 Å². The van der Waals surface area contributed by atoms with Crippen LogP contribution in [0.2, 0.25) is 0 Å². The van der Waals surface area contributed by atoms with Gasteiger partial charge in [0, 0.05) is 48.8 Å². The van der Waals surface area contributed by atoms with Gasteiger partial charge in [-0.25, -0.2) is 8.42 Å². The van der Waals surface area contributed by atoms with Crippen LogP contribution in [-0.2, 0) is 23.1 Å². The Morgan fingerprint density at radius 3 is 2.57 bits per heavy atom. The third-order valence-corrected chi connectivity index (χ3v) is 8.21. The second-order valence-corrected chi connectivity index (χ2v) is 10.9. The number of aromatic nitrogens is 1. The standard InChI is InChI=1S/C23H30F3N5O3S/c24-23(25,26)35(32,33)30-14-19-20(6-3-7-22(19)34-11-9-27)31(13-18-12-17(28)8-10-29-18)21(15-30)16-4-1-2-5-16/h3,6-8,10,12,16,21H,1-2,4-5,9,11,13-15,27H2,(H2,28,29). The number of ether oxygens (including phenoxy) is 1. The number of sulfonamides is 1. The lowest BCUT2D eigenvalue weighted by atomic mass is 9.95. The van der Waals surface area contributed by atoms with Gasteiger partial charge in [-0.15, -0.1) is 0 Å². The molecule has 0 radical (unpaired) electrons. The van der Waals surface area contributed by atoms with Crippen LogP contribution in [-0.4, -0.2) is 49.0 Å². The first-order chi connectivity index (χ1) is 16.6. The predicted molar refractivity (Wildman–Crippen MR) is 127 cm³/mol. The maximum atomic E-state index is 13.7. The van der Waals surface area contributed by atoms with Crippen molar-refractivity contribution in [1.29, 1.82) is 0 Å². The molecule has 35 heavy (non-hydrogen) atoms. The molecule has 1 aromatic carbocycles. The molecule has 4 N–H and O–H groups in total. The number of alkyl halides is 3. The summed E-state index contributed by atoms with van der Waals surface area (Å²) in [5, 5.41) is 0. The summed E-state index contributed by atoms with van der Waals surface area (Å²) in [5.74, 6) is 0.342. The monoisotopic (exact) mass is 513 g/mol. The average molecular weight is 514 g/mol. The van der Waals surface area contributed by atoms with E-state index in [9.17, 15) is 21.6 Å². The van der Waals surface area contributed by atoms with Crippen LogP contribution in [0.25, 0.3) is 0 Å². The molecule has 1 aliphatic carbocycles. The smallest absolute Gasteiger partial charge is 0.492 e. The molecule has 1 aromatic heterocycles. The van der Waals surface area contributed by atoms with E-state index >= 15 is 0 Å². The fraction of sp³-hybridized carbons (Fsp3) is 0.522. The number of halogens is 3. The van der Waals surface area contributed by atoms with Crippen molar-refractivity contribution < 1.29 is 26.3 Å². The van der Waals surface area contributed by atoms with Crippen molar-refractivity contribution in [2.24, 2.45) is 11.7 Å². The van der Waals surface area contributed by atoms with Crippen LogP contribution in [0.15, 0.2) is 36.5 Å². The van der Waals surface area contributed by atoms with Gasteiger partial charge in [-0.05, 0) is 43.0 Å². The zero-order valence-electron chi connectivity index (χ0n) is 19.2. The van der Waals surface area contributed by atoms with E-state index in [1.807, 2.05) is 4.90 Å². The molecular weight excluding hydrogens is 483 g/mol. The number of fused-ring (bicyclic) bond motifs is 1. The third-order valence-electron chi connectivity index (χ3n) is 6.67. The third kappa shape index (κ3) is 5.34. The molecule has 4 rings (SSSR count). The van der Waals surface area contributed by atoms with Crippen molar-refractivity contribution >= 4 is 21.4 Å². The van der Waals surface area contributed by atoms with Gasteiger partial charge >= 0.3 is 15.5 Å². The fourth-order valence-corrected chi connectivity index (χ4v) is 5.99. The molecule has 12 heteroatoms. The quantitative estimate of drug-likeness (QED) is 0.584. The number of nitrogen functional groups attached to an aromatic ring is 1. The number of rotatable bonds is 7. The lowest BCUT2D eigenvalue weighted by Gasteiger charge is -2.37. The average Bonchev–Trinajstić information content (AvgIpc) is 3.28. The lowest BCUT2D eigenvalue weighted by molar-refractivity contribution is -0.0493. The van der Waals surface area contributed by atoms with E-state index in [2.05, 4.69) is 4.98 Å². The largest absolute Gasteiger partial charge is 0.511 e. The highest BCUT2D eigenvalue weighted by Crippen LogP contribution is 2.42. The first kappa shape index (κ1) is 25.5. The molecule has 1 saturated carbocycles. The van der Waals surface area contributed by atoms with Crippen LogP contribution in [0, 0.1) is 5.92 Å². The predicted octanol–water partition coefficient (Wildman–Crippen LogP) is 3.23. The van der Waals surface area contributed by atoms with Crippen LogP contribution >= 0.6 is 0 Å². The van der Waals surface area contributed by atoms with Crippen molar-refractivity contribution in [1.82, 2.24) is 9.29 Å². The Balaban J connectivity index is 1.86. The van der Waals surface area contributed by atoms with Gasteiger partial charge in [-0.3, -0.25) is 4.98 Å². The summed E-state index contributed by atoms with van der Waals surface area (Å²) in [6.45, 7) is -0.136. The second-order valence-electron chi connectivity index (χ2n) is 8.95. The van der Waals surface area contributed by atoms with Gasteiger partial charge in [0.15, 0.2) is 0 Å². The highest BCUT2D eigenvalue weighted by atomic mass is 32.2. The van der Waals surface area contributed by atoms with E-state index in [0.29, 0.717) is 32.7 Å². The molecule has 1 fully saturated rings. The minimum absolute atomic E-state index is 0.0292. The minimum atomic E-state index is -5.58. The Bertz CT molecular complexity index is 1140. The Morgan fingerprint density at radius 2 is 1.91 bits per heavy atom. The van der Waals surface area contributed by atoms with Crippen molar-refractivity contribution in [3.8, 4) is 5.75 Å². The van der Waals surface area contributed by atoms with E-state index in [1.165, 1.54) is 0 Å². The zero-order valence-corrected chi connectivity index (χ0v) is 20.1. The van der Waals surface area contributed by atoms with Crippen LogP contribution < -0.4 is 21.1 Å². The first-order valence-corrected chi connectivity index (χ1v) is 13.0. The molecule has 0 saturated heterocycles. The second kappa shape index (κ2) is 10.2. The topological polar surface area (TPSA) is 115 Å². The molecule has 0 amide bonds. The minimum Gasteiger partial charge on any atom is -0.492 e. The molecular formula is C23H30F3N5O3S. The number of anilines is 2. The van der Waals surface area contributed by atoms with Gasteiger partial charge in [-0.2, -0.15) is 17.5 Å². The van der Waals surface area contributed by atoms with Crippen LogP contribution in [0.4, 0.5) is 24.5 Å². The molecule has 2 aromatic rings. The van der Waals surface area contributed by atoms with Crippen molar-refractivity contribution in [3.63, 3.8) is 0 Å². The van der Waals surface area contributed by atoms with Crippen LogP contribution in [0.5, 0.6) is 5.75 Å². The Hall–Kier alpha value is -2.57. The van der Waals surface area contributed by atoms with Gasteiger partial charge in [0.05, 0.1) is 12.2 Å². The van der Waals surface area contributed by atoms with E-state index in [4.69, 9.17) is 16.2 Å². The number of hydrogen-bond donors (Lipinski definition) is 2. The summed E-state index contributed by atoms with van der Waals surface area (Å²) in [5.41, 5.74) is 8.27. The summed E-state index contributed by atoms with van der Waals surface area (Å²) in [6.07, 6.45) is 5.09. The number of benzene rings is 1. The molecule has 2 aliphatic rings. The molecule has 1 unspecified atom stereocenters. The lowest BCUT2D eigenvalue weighted by Crippen LogP contribution is -2.49. The highest BCUT2D eigenvalue weighted by molar-refractivity contribution is 7.89. The molecule has 1 atom stereocenters. The summed E-state index contributed by atoms with van der Waals surface area (Å²) < 4.78 is 72.7. The van der Waals surface area contributed by atoms with Gasteiger partial charge in [0.25, 0.3) is 0 Å². The molecule has 192 valence electrons. The van der Waals surface area contributed by atoms with Crippen molar-refractivity contribution in [3.05, 3.63) is 47.8 Å². The fourth-order valence-electron chi connectivity index (χ4n) is 5.05. The Kier molecular flexibility index (Phi) is 7.43. The first-order valence-electron chi connectivity index (χ1n) is 11.6. The van der Waals surface area contributed by atoms with E-state index < -0.39 is 28.1 Å². The van der Waals surface area contributed by atoms with E-state index in [0.717, 1.165) is 25.7 Å². The van der Waals surface area contributed by atoms with Crippen molar-refractivity contribution in [2.75, 3.05) is 30.3 Å². The molecule has 1 aliphatic heterocycles. The van der Waals surface area contributed by atoms with Gasteiger partial charge in [0.1, 0.15) is 12.4 Å². The van der Waals surface area contributed by atoms with E-state index in [-0.39, 0.29) is 32.2 Å². The number of pyridine rings is 1. The zero-order chi connectivity index (χ0) is 25.2. The summed E-state index contributed by atoms with van der Waals surface area (Å²) in [7, 11) is -5.58. The maximum absolute atomic E-state index is 13.7. The van der Waals surface area contributed by atoms with Crippen molar-refractivity contribution in [2.45, 2.75) is 50.3 Å². The summed E-state index contributed by atoms with van der Waals surface area (Å²) >= 11 is 0. The number of hydrogen-bond acceptors (Lipinski definition) is 7. The SMILES string of the molecule is NCCOc1cccc2c1CN(S(=O)(=O)C(F)(F)F)CC(C1CCCC1)N2Cc1cc(N)ccn1. The molecule has 2 heterocycles. The van der Waals surface area contributed by atoms with Crippen LogP contribution in [0.1, 0.15) is 36.9 Å².